The minimum Gasteiger partial charge on any atom is -0.480 e. The van der Waals surface area contributed by atoms with Crippen LogP contribution < -0.4 is 4.72 Å². The number of aliphatic carboxylic acids is 1. The number of ether oxygens (including phenoxy) is 1. The number of rotatable bonds is 6. The van der Waals surface area contributed by atoms with Gasteiger partial charge in [-0.1, -0.05) is 30.3 Å². The van der Waals surface area contributed by atoms with Crippen molar-refractivity contribution in [3.63, 3.8) is 0 Å². The minimum atomic E-state index is -4.02. The summed E-state index contributed by atoms with van der Waals surface area (Å²) in [5, 5.41) is 13.4. The molecule has 0 amide bonds. The second kappa shape index (κ2) is 6.71. The lowest BCUT2D eigenvalue weighted by Crippen LogP contribution is -2.33. The van der Waals surface area contributed by atoms with E-state index in [1.807, 2.05) is 0 Å². The zero-order chi connectivity index (χ0) is 17.2. The molecule has 0 aliphatic carbocycles. The molecule has 1 saturated heterocycles. The molecule has 2 aromatic rings. The third-order valence-electron chi connectivity index (χ3n) is 3.82. The highest BCUT2D eigenvalue weighted by Crippen LogP contribution is 2.21. The second-order valence-electron chi connectivity index (χ2n) is 5.48. The molecular formula is C15H17N3O5S. The quantitative estimate of drug-likeness (QED) is 0.802. The van der Waals surface area contributed by atoms with Crippen LogP contribution in [0.3, 0.4) is 0 Å². The number of hydrogen-bond donors (Lipinski definition) is 2. The largest absolute Gasteiger partial charge is 0.480 e. The van der Waals surface area contributed by atoms with Crippen LogP contribution in [0.15, 0.2) is 47.6 Å². The van der Waals surface area contributed by atoms with Crippen LogP contribution in [0.1, 0.15) is 24.1 Å². The number of nitrogens with zero attached hydrogens (tertiary/aromatic N) is 2. The summed E-state index contributed by atoms with van der Waals surface area (Å²) in [6.45, 7) is 1.09. The summed E-state index contributed by atoms with van der Waals surface area (Å²) in [5.74, 6) is -1.28. The standard InChI is InChI=1S/C15H17N3O5S/c19-15(20)14(11-4-2-1-3-5-11)17-24(21,22)13-8-16-18(9-13)12-6-7-23-10-12/h1-5,8-9,12,14,17H,6-7,10H2,(H,19,20)/t12?,14-/m1/s1. The van der Waals surface area contributed by atoms with E-state index in [-0.39, 0.29) is 10.9 Å². The summed E-state index contributed by atoms with van der Waals surface area (Å²) in [4.78, 5) is 11.4. The molecular weight excluding hydrogens is 334 g/mol. The van der Waals surface area contributed by atoms with E-state index in [1.54, 1.807) is 35.0 Å². The van der Waals surface area contributed by atoms with Crippen LogP contribution in [0.5, 0.6) is 0 Å². The molecule has 128 valence electrons. The molecule has 0 saturated carbocycles. The van der Waals surface area contributed by atoms with E-state index in [1.165, 1.54) is 12.4 Å². The molecule has 9 heteroatoms. The minimum absolute atomic E-state index is 0.00153. The number of carbonyl (C=O) groups is 1. The normalized spacial score (nSPS) is 19.2. The number of carboxylic acids is 1. The Balaban J connectivity index is 1.83. The van der Waals surface area contributed by atoms with E-state index in [0.29, 0.717) is 18.8 Å². The SMILES string of the molecule is O=C(O)[C@H](NS(=O)(=O)c1cnn(C2CCOC2)c1)c1ccccc1. The number of aromatic nitrogens is 2. The summed E-state index contributed by atoms with van der Waals surface area (Å²) in [6.07, 6.45) is 3.37. The summed E-state index contributed by atoms with van der Waals surface area (Å²) in [5.41, 5.74) is 0.352. The Hall–Kier alpha value is -2.23. The van der Waals surface area contributed by atoms with Gasteiger partial charge in [-0.25, -0.2) is 8.42 Å². The molecule has 2 atom stereocenters. The Bertz CT molecular complexity index is 813. The maximum Gasteiger partial charge on any atom is 0.326 e. The van der Waals surface area contributed by atoms with E-state index >= 15 is 0 Å². The molecule has 3 rings (SSSR count). The van der Waals surface area contributed by atoms with E-state index in [9.17, 15) is 18.3 Å². The lowest BCUT2D eigenvalue weighted by Gasteiger charge is -2.14. The maximum absolute atomic E-state index is 12.5. The van der Waals surface area contributed by atoms with Gasteiger partial charge in [-0.15, -0.1) is 0 Å². The maximum atomic E-state index is 12.5. The Morgan fingerprint density at radius 3 is 2.75 bits per heavy atom. The lowest BCUT2D eigenvalue weighted by atomic mass is 10.1. The second-order valence-corrected chi connectivity index (χ2v) is 7.19. The molecule has 2 N–H and O–H groups in total. The highest BCUT2D eigenvalue weighted by atomic mass is 32.2. The molecule has 1 aliphatic heterocycles. The van der Waals surface area contributed by atoms with Crippen LogP contribution in [0.4, 0.5) is 0 Å². The molecule has 24 heavy (non-hydrogen) atoms. The Morgan fingerprint density at radius 2 is 2.12 bits per heavy atom. The van der Waals surface area contributed by atoms with Crippen molar-refractivity contribution in [3.05, 3.63) is 48.3 Å². The van der Waals surface area contributed by atoms with E-state index in [2.05, 4.69) is 9.82 Å². The van der Waals surface area contributed by atoms with Gasteiger partial charge in [-0.2, -0.15) is 9.82 Å². The summed E-state index contributed by atoms with van der Waals surface area (Å²) in [7, 11) is -4.02. The number of sulfonamides is 1. The highest BCUT2D eigenvalue weighted by molar-refractivity contribution is 7.89. The molecule has 0 radical (unpaired) electrons. The van der Waals surface area contributed by atoms with Crippen molar-refractivity contribution in [1.29, 1.82) is 0 Å². The average Bonchev–Trinajstić information content (AvgIpc) is 3.24. The first-order valence-electron chi connectivity index (χ1n) is 7.39. The predicted molar refractivity (Wildman–Crippen MR) is 83.8 cm³/mol. The fourth-order valence-corrected chi connectivity index (χ4v) is 3.64. The topological polar surface area (TPSA) is 111 Å². The van der Waals surface area contributed by atoms with Crippen LogP contribution in [-0.2, 0) is 19.6 Å². The molecule has 8 nitrogen and oxygen atoms in total. The van der Waals surface area contributed by atoms with Crippen LogP contribution >= 0.6 is 0 Å². The molecule has 1 aliphatic rings. The van der Waals surface area contributed by atoms with Crippen LogP contribution in [0.25, 0.3) is 0 Å². The fraction of sp³-hybridized carbons (Fsp3) is 0.333. The van der Waals surface area contributed by atoms with Gasteiger partial charge in [0, 0.05) is 12.8 Å². The predicted octanol–water partition coefficient (Wildman–Crippen LogP) is 0.949. The van der Waals surface area contributed by atoms with Crippen molar-refractivity contribution in [2.45, 2.75) is 23.4 Å². The molecule has 1 unspecified atom stereocenters. The van der Waals surface area contributed by atoms with Gasteiger partial charge in [0.05, 0.1) is 18.8 Å². The lowest BCUT2D eigenvalue weighted by molar-refractivity contribution is -0.139. The Kier molecular flexibility index (Phi) is 4.65. The number of hydrogen-bond acceptors (Lipinski definition) is 5. The van der Waals surface area contributed by atoms with E-state index < -0.39 is 22.0 Å². The number of benzene rings is 1. The van der Waals surface area contributed by atoms with Gasteiger partial charge >= 0.3 is 5.97 Å². The van der Waals surface area contributed by atoms with E-state index in [4.69, 9.17) is 4.74 Å². The van der Waals surface area contributed by atoms with Crippen molar-refractivity contribution in [2.24, 2.45) is 0 Å². The van der Waals surface area contributed by atoms with Crippen LogP contribution in [-0.4, -0.2) is 42.5 Å². The smallest absolute Gasteiger partial charge is 0.326 e. The van der Waals surface area contributed by atoms with Gasteiger partial charge in [0.15, 0.2) is 0 Å². The van der Waals surface area contributed by atoms with Gasteiger partial charge in [-0.3, -0.25) is 9.48 Å². The first kappa shape index (κ1) is 16.6. The van der Waals surface area contributed by atoms with E-state index in [0.717, 1.165) is 6.42 Å². The molecule has 1 aromatic heterocycles. The third-order valence-corrected chi connectivity index (χ3v) is 5.20. The Morgan fingerprint density at radius 1 is 1.38 bits per heavy atom. The summed E-state index contributed by atoms with van der Waals surface area (Å²) in [6, 6.07) is 6.77. The van der Waals surface area contributed by atoms with Crippen molar-refractivity contribution in [2.75, 3.05) is 13.2 Å². The van der Waals surface area contributed by atoms with Crippen molar-refractivity contribution in [3.8, 4) is 0 Å². The van der Waals surface area contributed by atoms with Gasteiger partial charge in [-0.05, 0) is 12.0 Å². The molecule has 2 heterocycles. The van der Waals surface area contributed by atoms with Crippen LogP contribution in [0.2, 0.25) is 0 Å². The summed E-state index contributed by atoms with van der Waals surface area (Å²) >= 11 is 0. The molecule has 1 fully saturated rings. The zero-order valence-electron chi connectivity index (χ0n) is 12.7. The van der Waals surface area contributed by atoms with Gasteiger partial charge < -0.3 is 9.84 Å². The van der Waals surface area contributed by atoms with Crippen LogP contribution in [0, 0.1) is 0 Å². The van der Waals surface area contributed by atoms with Gasteiger partial charge in [0.25, 0.3) is 0 Å². The highest BCUT2D eigenvalue weighted by Gasteiger charge is 2.28. The molecule has 1 aromatic carbocycles. The van der Waals surface area contributed by atoms with Crippen molar-refractivity contribution in [1.82, 2.24) is 14.5 Å². The first-order chi connectivity index (χ1) is 11.5. The zero-order valence-corrected chi connectivity index (χ0v) is 13.5. The third kappa shape index (κ3) is 3.48. The van der Waals surface area contributed by atoms with Gasteiger partial charge in [0.2, 0.25) is 10.0 Å². The Labute approximate surface area is 139 Å². The monoisotopic (exact) mass is 351 g/mol. The van der Waals surface area contributed by atoms with Crippen molar-refractivity contribution >= 4 is 16.0 Å². The molecule has 0 spiro atoms. The fourth-order valence-electron chi connectivity index (χ4n) is 2.52. The number of carboxylic acid groups (broad SMARTS) is 1. The molecule has 0 bridgehead atoms. The summed E-state index contributed by atoms with van der Waals surface area (Å²) < 4.78 is 34.0. The average molecular weight is 351 g/mol. The van der Waals surface area contributed by atoms with Crippen molar-refractivity contribution < 1.29 is 23.1 Å². The number of nitrogens with one attached hydrogen (secondary N) is 1. The van der Waals surface area contributed by atoms with Gasteiger partial charge in [0.1, 0.15) is 10.9 Å². The first-order valence-corrected chi connectivity index (χ1v) is 8.87.